The quantitative estimate of drug-likeness (QED) is 0.0990. The molecule has 0 aromatic rings. The Balaban J connectivity index is 0.000000305. The van der Waals surface area contributed by atoms with Gasteiger partial charge in [-0.25, -0.2) is 0 Å². The van der Waals surface area contributed by atoms with Gasteiger partial charge in [-0.1, -0.05) is 13.8 Å². The fourth-order valence-corrected chi connectivity index (χ4v) is 21.1. The standard InChI is InChI=1S/C13H29B2N2O3P3.C13H28BN2O4P2.C7H17BNO2P2.C7H16BNOP.C6H14BNO2P.C6H14BNOP.3W/c1-4-10-6-17(8-13(15-22)19-10)23(3)18-9-11-5-16(2)7-12(14-21)20-11;1-10-4-15(2)5-12(19-10)9-18-22(3)16-6-11(8-17)20-13(7-16)14-21;1-9-3-6(5-10-13-2)11-7(4-9)8-12;1-3-6-4-9(2)5-7(8-11)10-6;1-8-2-5(4-9)10-6(3-8)7-11;1-2-5-3-8-4-6(7-10)9-5;;;/h10-13H,4-9,21-22H2,1-3H3;10-13,17H,4-9,21H2,1-3H3;6-7,13H,3-5,12H2,1-2H3;6-7H,3-5,11H2,1-2H3;5-6,9H,2-4,11H2,1H3;5-6,8H,2-4,10H2,1H3;;;/i;;13D;;;;;;. The molecule has 0 bridgehead atoms. The molecular formula is C52H118B7N8O13P10W3. The monoisotopic (exact) mass is 2000 g/mol. The Morgan fingerprint density at radius 3 is 1.13 bits per heavy atom. The molecule has 26 atom stereocenters. The molecule has 0 amide bonds. The molecule has 0 aromatic carbocycles. The summed E-state index contributed by atoms with van der Waals surface area (Å²) in [4.78, 5) is 11.3. The van der Waals surface area contributed by atoms with Crippen molar-refractivity contribution < 1.29 is 118 Å². The van der Waals surface area contributed by atoms with Crippen LogP contribution >= 0.6 is 80.1 Å². The predicted octanol–water partition coefficient (Wildman–Crippen LogP) is 1.46. The third kappa shape index (κ3) is 38.6. The van der Waals surface area contributed by atoms with Crippen molar-refractivity contribution in [3.63, 3.8) is 0 Å². The van der Waals surface area contributed by atoms with Crippen molar-refractivity contribution in [2.45, 2.75) is 144 Å². The van der Waals surface area contributed by atoms with Crippen molar-refractivity contribution in [2.24, 2.45) is 0 Å². The van der Waals surface area contributed by atoms with E-state index in [9.17, 15) is 5.11 Å². The van der Waals surface area contributed by atoms with Crippen molar-refractivity contribution in [3.8, 4) is 0 Å². The Bertz CT molecular complexity index is 2100. The number of hydrogen-bond donors (Lipinski definition) is 3. The maximum atomic E-state index is 9.46. The van der Waals surface area contributed by atoms with Crippen molar-refractivity contribution in [1.29, 1.82) is 1.28 Å². The van der Waals surface area contributed by atoms with E-state index in [1.54, 1.807) is 0 Å². The van der Waals surface area contributed by atoms with Crippen molar-refractivity contribution >= 4 is 129 Å². The van der Waals surface area contributed by atoms with Crippen LogP contribution in [0.1, 0.15) is 47.0 Å². The third-order valence-corrected chi connectivity index (χ3v) is 32.0. The number of morpholine rings is 8. The molecule has 8 saturated heterocycles. The minimum absolute atomic E-state index is 0.0180. The molecule has 8 rings (SSSR count). The van der Waals surface area contributed by atoms with Crippen LogP contribution in [0.4, 0.5) is 0 Å². The normalized spacial score (nSPS) is 35.0. The zero-order valence-corrected chi connectivity index (χ0v) is 77.4. The fraction of sp³-hybridized carbons (Fsp3) is 1.00. The van der Waals surface area contributed by atoms with Crippen molar-refractivity contribution in [2.75, 3.05) is 193 Å². The molecule has 8 aliphatic heterocycles. The number of nitrogens with one attached hydrogen (secondary N) is 1. The minimum atomic E-state index is -1.81. The van der Waals surface area contributed by atoms with E-state index in [0.717, 1.165) is 124 Å². The predicted molar refractivity (Wildman–Crippen MR) is 410 cm³/mol. The molecule has 0 aromatic heterocycles. The van der Waals surface area contributed by atoms with Gasteiger partial charge in [-0.05, 0) is 26.9 Å². The molecule has 26 unspecified atom stereocenters. The number of hydrogen-bond acceptors (Lipinski definition) is 21. The first-order valence-corrected chi connectivity index (χ1v) is 54.8. The number of rotatable bonds is 23. The third-order valence-electron chi connectivity index (χ3n) is 16.2. The number of likely N-dealkylation sites (N-methyl/N-ethyl adjacent to an activating group) is 5. The van der Waals surface area contributed by atoms with Crippen LogP contribution < -0.4 is 5.32 Å². The second-order valence-corrected chi connectivity index (χ2v) is 53.9. The van der Waals surface area contributed by atoms with Crippen LogP contribution in [0.2, 0.25) is 0 Å². The van der Waals surface area contributed by atoms with E-state index in [4.69, 9.17) is 57.9 Å². The van der Waals surface area contributed by atoms with Crippen LogP contribution in [-0.4, -0.2) is 384 Å². The zero-order chi connectivity index (χ0) is 70.2. The van der Waals surface area contributed by atoms with Gasteiger partial charge in [0.05, 0.1) is 24.9 Å². The summed E-state index contributed by atoms with van der Waals surface area (Å²) < 4.78 is 77.7. The Labute approximate surface area is 619 Å². The van der Waals surface area contributed by atoms with E-state index in [2.05, 4.69) is 193 Å². The van der Waals surface area contributed by atoms with Gasteiger partial charge >= 0.3 is 419 Å². The summed E-state index contributed by atoms with van der Waals surface area (Å²) in [7, 11) is 28.9. The molecule has 41 heteroatoms. The van der Waals surface area contributed by atoms with Gasteiger partial charge in [0, 0.05) is 57.3 Å². The molecule has 8 heterocycles. The molecule has 3 N–H and O–H groups in total. The average molecular weight is 2000 g/mol. The molecule has 533 valence electrons. The summed E-state index contributed by atoms with van der Waals surface area (Å²) in [5.74, 6) is 0. The number of ether oxygens (including phenoxy) is 8. The Morgan fingerprint density at radius 1 is 0.452 bits per heavy atom. The molecule has 0 saturated carbocycles. The molecule has 8 aliphatic rings. The van der Waals surface area contributed by atoms with E-state index < -0.39 is 16.3 Å². The van der Waals surface area contributed by atoms with E-state index in [1.165, 1.54) is 56.4 Å². The summed E-state index contributed by atoms with van der Waals surface area (Å²) in [6.07, 6.45) is 4.90. The van der Waals surface area contributed by atoms with E-state index in [1.807, 2.05) is 41.7 Å². The van der Waals surface area contributed by atoms with Gasteiger partial charge in [0.15, 0.2) is 21.0 Å². The molecule has 8 fully saturated rings. The van der Waals surface area contributed by atoms with E-state index >= 15 is 0 Å². The molecular weight excluding hydrogens is 1880 g/mol. The number of nitrogens with zero attached hydrogens (tertiary/aromatic N) is 7. The molecule has 93 heavy (non-hydrogen) atoms. The second-order valence-electron chi connectivity index (χ2n) is 25.0. The summed E-state index contributed by atoms with van der Waals surface area (Å²) in [6, 6.07) is 1.32. The van der Waals surface area contributed by atoms with Gasteiger partial charge in [-0.15, -0.1) is 0 Å². The van der Waals surface area contributed by atoms with E-state index in [0.29, 0.717) is 50.1 Å². The van der Waals surface area contributed by atoms with Crippen molar-refractivity contribution in [3.05, 3.63) is 0 Å². The Hall–Kier alpha value is 5.98. The molecule has 7 radical (unpaired) electrons. The summed E-state index contributed by atoms with van der Waals surface area (Å²) in [6.45, 7) is 46.1. The van der Waals surface area contributed by atoms with Crippen LogP contribution in [0.25, 0.3) is 0 Å². The first kappa shape index (κ1) is 91.4. The van der Waals surface area contributed by atoms with Crippen LogP contribution in [0.5, 0.6) is 0 Å². The number of aliphatic hydroxyl groups is 2. The zero-order valence-electron chi connectivity index (χ0n) is 58.9. The average Bonchev–Trinajstić information content (AvgIpc) is 1.16. The first-order valence-electron chi connectivity index (χ1n) is 33.1. The first-order chi connectivity index (χ1) is 44.5. The van der Waals surface area contributed by atoms with Crippen molar-refractivity contribution in [1.82, 2.24) is 39.2 Å². The molecule has 0 spiro atoms. The van der Waals surface area contributed by atoms with Gasteiger partial charge in [0.2, 0.25) is 0 Å². The molecule has 0 aliphatic carbocycles. The van der Waals surface area contributed by atoms with Crippen LogP contribution in [0.15, 0.2) is 0 Å². The fourth-order valence-electron chi connectivity index (χ4n) is 11.3. The van der Waals surface area contributed by atoms with Gasteiger partial charge in [0.25, 0.3) is 0 Å². The van der Waals surface area contributed by atoms with Crippen LogP contribution in [0, 0.1) is 0 Å². The van der Waals surface area contributed by atoms with Gasteiger partial charge in [0.1, 0.15) is 0 Å². The summed E-state index contributed by atoms with van der Waals surface area (Å²) >= 11 is 4.23. The maximum absolute atomic E-state index is 9.46. The van der Waals surface area contributed by atoms with Gasteiger partial charge in [-0.2, -0.15) is 27.4 Å². The topological polar surface area (TPSA) is 177 Å². The Morgan fingerprint density at radius 2 is 0.753 bits per heavy atom. The van der Waals surface area contributed by atoms with Gasteiger partial charge in [-0.3, -0.25) is 0 Å². The Kier molecular flexibility index (Phi) is 51.2. The van der Waals surface area contributed by atoms with Crippen LogP contribution in [-0.2, 0) is 108 Å². The second kappa shape index (κ2) is 52.1. The van der Waals surface area contributed by atoms with E-state index in [-0.39, 0.29) is 79.9 Å². The van der Waals surface area contributed by atoms with Crippen LogP contribution in [0.3, 0.4) is 0 Å². The molecule has 21 nitrogen and oxygen atoms in total. The summed E-state index contributed by atoms with van der Waals surface area (Å²) in [5, 5.41) is 18.5. The van der Waals surface area contributed by atoms with Gasteiger partial charge < -0.3 is 34.4 Å². The SMILES string of the molecule is CC1CN(C)CC(CO[P](C)(=[W])N2CC([B]P)OC(CO)C2)O1.CCC1CN(C)CC([B]P)O1.CCC1CN([P](C)(=[W])OCC2CN(C)CC([B]P)O2)CC([B]P)O1.CCC1CNCC([B]P)O1.CN1CC([B]P)OC(CO)C1.[2H][P](C)(=[W])OCC1CN(C)CC([B]P)O1. The summed E-state index contributed by atoms with van der Waals surface area (Å²) in [5.41, 5.74) is -1.81. The number of aliphatic hydroxyl groups excluding tert-OH is 2.